The zero-order valence-corrected chi connectivity index (χ0v) is 25.8. The molecule has 246 valence electrons. The first-order chi connectivity index (χ1) is 22.9. The maximum absolute atomic E-state index is 14.4. The van der Waals surface area contributed by atoms with E-state index in [0.29, 0.717) is 50.8 Å². The van der Waals surface area contributed by atoms with Gasteiger partial charge in [-0.05, 0) is 85.4 Å². The Morgan fingerprint density at radius 3 is 2.04 bits per heavy atom. The Morgan fingerprint density at radius 2 is 1.46 bits per heavy atom. The van der Waals surface area contributed by atoms with Crippen molar-refractivity contribution in [3.8, 4) is 51.0 Å². The van der Waals surface area contributed by atoms with Gasteiger partial charge >= 0.3 is 0 Å². The van der Waals surface area contributed by atoms with Crippen molar-refractivity contribution in [1.29, 1.82) is 0 Å². The minimum Gasteiger partial charge on any atom is -0.508 e. The summed E-state index contributed by atoms with van der Waals surface area (Å²) in [4.78, 5) is 41.6. The number of likely N-dealkylation sites (N-methyl/N-ethyl adjacent to an activating group) is 1. The Kier molecular flexibility index (Phi) is 6.36. The summed E-state index contributed by atoms with van der Waals surface area (Å²) in [6.45, 7) is 0.0948. The molecule has 13 heteroatoms. The third-order valence-electron chi connectivity index (χ3n) is 10.1. The van der Waals surface area contributed by atoms with Crippen LogP contribution in [0.25, 0.3) is 28.0 Å². The number of ether oxygens (including phenoxy) is 4. The SMILES string of the molecule is CN(C)[C@H]1C(=O)C(C(N)=O)=C(O)[C@@]2(O)C(=O)C3=C(O)c4c(O)c(-c5ccc6c(c5)OCO6)cc(-c5ccc6c(c5)OCO6)c4C[C@@H]3C[C@@H]12. The molecule has 13 nitrogen and oxygen atoms in total. The van der Waals surface area contributed by atoms with Crippen LogP contribution in [0.2, 0.25) is 0 Å². The smallest absolute Gasteiger partial charge is 0.255 e. The number of carbonyl (C=O) groups excluding carboxylic acids is 3. The van der Waals surface area contributed by atoms with E-state index in [0.717, 1.165) is 0 Å². The van der Waals surface area contributed by atoms with Crippen molar-refractivity contribution in [2.24, 2.45) is 17.6 Å². The fourth-order valence-corrected chi connectivity index (χ4v) is 7.92. The molecule has 6 N–H and O–H groups in total. The number of carbonyl (C=O) groups is 3. The molecule has 1 amide bonds. The summed E-state index contributed by atoms with van der Waals surface area (Å²) in [6, 6.07) is 11.1. The second-order valence-electron chi connectivity index (χ2n) is 12.8. The van der Waals surface area contributed by atoms with Crippen LogP contribution < -0.4 is 24.7 Å². The second kappa shape index (κ2) is 10.2. The van der Waals surface area contributed by atoms with Crippen LogP contribution in [0.3, 0.4) is 0 Å². The number of benzene rings is 3. The molecule has 4 atom stereocenters. The van der Waals surface area contributed by atoms with E-state index in [4.69, 9.17) is 24.7 Å². The highest BCUT2D eigenvalue weighted by Crippen LogP contribution is 2.55. The summed E-state index contributed by atoms with van der Waals surface area (Å²) >= 11 is 0. The molecule has 0 aromatic heterocycles. The predicted molar refractivity (Wildman–Crippen MR) is 167 cm³/mol. The van der Waals surface area contributed by atoms with Crippen LogP contribution in [0.5, 0.6) is 28.7 Å². The van der Waals surface area contributed by atoms with Gasteiger partial charge in [-0.3, -0.25) is 19.3 Å². The number of fused-ring (bicyclic) bond motifs is 5. The van der Waals surface area contributed by atoms with Gasteiger partial charge in [0.2, 0.25) is 19.4 Å². The Labute approximate surface area is 273 Å². The minimum absolute atomic E-state index is 0.0307. The van der Waals surface area contributed by atoms with Gasteiger partial charge in [0.1, 0.15) is 22.8 Å². The standard InChI is InChI=1S/C35H30N2O11/c1-37(2)28-20-8-16-7-19-17(14-3-5-21-23(9-14)47-12-45-21)11-18(15-4-6-22-24(10-15)48-13-46-22)29(38)26(19)30(39)25(16)32(41)35(20,44)33(42)27(31(28)40)34(36)43/h3-6,9-11,16,20,28,38-39,42,44H,7-8,12-13H2,1-2H3,(H2,36,43)/t16-,20+,28-,35+/m1/s1. The van der Waals surface area contributed by atoms with Crippen LogP contribution in [0.1, 0.15) is 17.5 Å². The van der Waals surface area contributed by atoms with Crippen molar-refractivity contribution in [2.45, 2.75) is 24.5 Å². The first kappa shape index (κ1) is 29.8. The van der Waals surface area contributed by atoms with Gasteiger partial charge < -0.3 is 45.1 Å². The summed E-state index contributed by atoms with van der Waals surface area (Å²) in [5.74, 6) is -5.12. The Hall–Kier alpha value is -5.53. The average Bonchev–Trinajstić information content (AvgIpc) is 3.71. The van der Waals surface area contributed by atoms with E-state index in [-0.39, 0.29) is 43.3 Å². The van der Waals surface area contributed by atoms with Gasteiger partial charge in [-0.15, -0.1) is 0 Å². The third-order valence-corrected chi connectivity index (χ3v) is 10.1. The first-order valence-electron chi connectivity index (χ1n) is 15.3. The van der Waals surface area contributed by atoms with Gasteiger partial charge in [-0.1, -0.05) is 12.1 Å². The molecule has 0 spiro atoms. The summed E-state index contributed by atoms with van der Waals surface area (Å²) in [5, 5.41) is 47.0. The van der Waals surface area contributed by atoms with E-state index < -0.39 is 58.0 Å². The van der Waals surface area contributed by atoms with Crippen molar-refractivity contribution < 1.29 is 53.8 Å². The second-order valence-corrected chi connectivity index (χ2v) is 12.8. The number of hydrogen-bond donors (Lipinski definition) is 5. The number of Topliss-reactive ketones (excluding diaryl/α,β-unsaturated/α-hetero) is 2. The summed E-state index contributed by atoms with van der Waals surface area (Å²) in [6.07, 6.45) is 0.0876. The molecule has 3 aromatic rings. The highest BCUT2D eigenvalue weighted by molar-refractivity contribution is 6.24. The Balaban J connectivity index is 1.37. The van der Waals surface area contributed by atoms with Crippen molar-refractivity contribution in [3.05, 3.63) is 70.5 Å². The largest absolute Gasteiger partial charge is 0.508 e. The molecule has 3 aromatic carbocycles. The molecule has 0 bridgehead atoms. The number of phenols is 1. The van der Waals surface area contributed by atoms with Crippen molar-refractivity contribution in [1.82, 2.24) is 4.90 Å². The lowest BCUT2D eigenvalue weighted by Gasteiger charge is -2.50. The maximum Gasteiger partial charge on any atom is 0.255 e. The average molecular weight is 655 g/mol. The van der Waals surface area contributed by atoms with Gasteiger partial charge in [0.25, 0.3) is 5.91 Å². The fraction of sp³-hybridized carbons (Fsp3) is 0.286. The van der Waals surface area contributed by atoms with Crippen LogP contribution in [-0.2, 0) is 20.8 Å². The lowest BCUT2D eigenvalue weighted by Crippen LogP contribution is -2.65. The van der Waals surface area contributed by atoms with Crippen LogP contribution >= 0.6 is 0 Å². The summed E-state index contributed by atoms with van der Waals surface area (Å²) in [5.41, 5.74) is 4.21. The number of rotatable bonds is 4. The van der Waals surface area contributed by atoms with E-state index in [1.165, 1.54) is 4.90 Å². The van der Waals surface area contributed by atoms with Gasteiger partial charge in [0.05, 0.1) is 11.6 Å². The number of phenolic OH excluding ortho intramolecular Hbond substituents is 1. The molecule has 0 saturated heterocycles. The van der Waals surface area contributed by atoms with Crippen LogP contribution in [-0.4, -0.2) is 82.1 Å². The number of ketones is 2. The zero-order chi connectivity index (χ0) is 33.8. The third kappa shape index (κ3) is 3.94. The Morgan fingerprint density at radius 1 is 0.875 bits per heavy atom. The molecule has 3 aliphatic carbocycles. The molecule has 0 unspecified atom stereocenters. The molecule has 2 heterocycles. The van der Waals surface area contributed by atoms with Crippen molar-refractivity contribution in [3.63, 3.8) is 0 Å². The number of nitrogens with zero attached hydrogens (tertiary/aromatic N) is 1. The summed E-state index contributed by atoms with van der Waals surface area (Å²) in [7, 11) is 3.11. The van der Waals surface area contributed by atoms with E-state index in [9.17, 15) is 34.8 Å². The highest BCUT2D eigenvalue weighted by Gasteiger charge is 2.64. The van der Waals surface area contributed by atoms with E-state index in [2.05, 4.69) is 0 Å². The topological polar surface area (TPSA) is 198 Å². The number of hydrogen-bond acceptors (Lipinski definition) is 12. The molecule has 48 heavy (non-hydrogen) atoms. The molecule has 2 aliphatic heterocycles. The molecule has 5 aliphatic rings. The van der Waals surface area contributed by atoms with Crippen molar-refractivity contribution in [2.75, 3.05) is 27.7 Å². The highest BCUT2D eigenvalue weighted by atomic mass is 16.7. The van der Waals surface area contributed by atoms with Gasteiger partial charge in [0, 0.05) is 17.1 Å². The van der Waals surface area contributed by atoms with Gasteiger partial charge in [0.15, 0.2) is 34.4 Å². The lowest BCUT2D eigenvalue weighted by molar-refractivity contribution is -0.153. The minimum atomic E-state index is -2.74. The Bertz CT molecular complexity index is 2070. The van der Waals surface area contributed by atoms with E-state index >= 15 is 0 Å². The molecular weight excluding hydrogens is 624 g/mol. The molecule has 1 fully saturated rings. The number of aliphatic hydroxyl groups is 3. The number of aliphatic hydroxyl groups excluding tert-OH is 2. The normalized spacial score (nSPS) is 25.3. The van der Waals surface area contributed by atoms with Gasteiger partial charge in [-0.25, -0.2) is 0 Å². The number of aromatic hydroxyl groups is 1. The summed E-state index contributed by atoms with van der Waals surface area (Å²) < 4.78 is 22.1. The van der Waals surface area contributed by atoms with Crippen LogP contribution in [0.4, 0.5) is 0 Å². The quantitative estimate of drug-likeness (QED) is 0.258. The number of primary amides is 1. The van der Waals surface area contributed by atoms with Gasteiger partial charge in [-0.2, -0.15) is 0 Å². The molecule has 8 rings (SSSR count). The zero-order valence-electron chi connectivity index (χ0n) is 25.8. The molecule has 1 saturated carbocycles. The van der Waals surface area contributed by atoms with E-state index in [1.54, 1.807) is 50.5 Å². The van der Waals surface area contributed by atoms with Crippen LogP contribution in [0.15, 0.2) is 59.4 Å². The maximum atomic E-state index is 14.4. The van der Waals surface area contributed by atoms with Crippen molar-refractivity contribution >= 4 is 23.2 Å². The number of amides is 1. The lowest BCUT2D eigenvalue weighted by atomic mass is 9.57. The predicted octanol–water partition coefficient (Wildman–Crippen LogP) is 2.76. The van der Waals surface area contributed by atoms with Crippen LogP contribution in [0, 0.1) is 11.8 Å². The monoisotopic (exact) mass is 654 g/mol. The molecular formula is C35H30N2O11. The fourth-order valence-electron chi connectivity index (χ4n) is 7.92. The van der Waals surface area contributed by atoms with E-state index in [1.807, 2.05) is 6.07 Å². The first-order valence-corrected chi connectivity index (χ1v) is 15.3. The molecule has 0 radical (unpaired) electrons. The number of nitrogens with two attached hydrogens (primary N) is 1.